The van der Waals surface area contributed by atoms with Gasteiger partial charge in [0.15, 0.2) is 0 Å². The van der Waals surface area contributed by atoms with Gasteiger partial charge in [0.2, 0.25) is 6.29 Å². The Morgan fingerprint density at radius 2 is 1.83 bits per heavy atom. The lowest BCUT2D eigenvalue weighted by molar-refractivity contribution is -0.149. The smallest absolute Gasteiger partial charge is 0.339 e. The summed E-state index contributed by atoms with van der Waals surface area (Å²) in [6.07, 6.45) is 2.05. The molecule has 0 bridgehead atoms. The topological polar surface area (TPSA) is 88.0 Å². The lowest BCUT2D eigenvalue weighted by Gasteiger charge is -2.13. The molecule has 0 saturated carbocycles. The van der Waals surface area contributed by atoms with Gasteiger partial charge in [-0.25, -0.2) is 9.63 Å². The summed E-state index contributed by atoms with van der Waals surface area (Å²) in [5, 5.41) is 18.7. The zero-order chi connectivity index (χ0) is 16.5. The maximum Gasteiger partial charge on any atom is 0.339 e. The molecule has 0 saturated heterocycles. The molecule has 1 atom stereocenters. The highest BCUT2D eigenvalue weighted by molar-refractivity contribution is 5.90. The van der Waals surface area contributed by atoms with E-state index in [0.29, 0.717) is 0 Å². The third-order valence-electron chi connectivity index (χ3n) is 2.85. The van der Waals surface area contributed by atoms with Crippen molar-refractivity contribution < 1.29 is 24.6 Å². The van der Waals surface area contributed by atoms with E-state index in [1.54, 1.807) is 18.2 Å². The molecule has 0 amide bonds. The molecule has 6 nitrogen and oxygen atoms in total. The van der Waals surface area contributed by atoms with Crippen LogP contribution in [0.4, 0.5) is 0 Å². The van der Waals surface area contributed by atoms with Crippen molar-refractivity contribution in [2.45, 2.75) is 6.29 Å². The number of nitrogens with one attached hydrogen (secondary N) is 1. The lowest BCUT2D eigenvalue weighted by atomic mass is 10.2. The van der Waals surface area contributed by atoms with Gasteiger partial charge >= 0.3 is 5.97 Å². The second kappa shape index (κ2) is 8.57. The summed E-state index contributed by atoms with van der Waals surface area (Å²) >= 11 is 0. The van der Waals surface area contributed by atoms with Crippen LogP contribution in [0, 0.1) is 0 Å². The highest BCUT2D eigenvalue weighted by Crippen LogP contribution is 2.17. The van der Waals surface area contributed by atoms with Crippen LogP contribution in [-0.4, -0.2) is 29.1 Å². The molecule has 0 aliphatic heterocycles. The maximum atomic E-state index is 11.0. The third kappa shape index (κ3) is 5.46. The number of hydrogen-bond acceptors (Lipinski definition) is 5. The van der Waals surface area contributed by atoms with Crippen LogP contribution in [-0.2, 0) is 4.84 Å². The molecule has 0 aliphatic carbocycles. The summed E-state index contributed by atoms with van der Waals surface area (Å²) in [6, 6.07) is 15.7. The first-order valence-corrected chi connectivity index (χ1v) is 6.93. The lowest BCUT2D eigenvalue weighted by Crippen LogP contribution is -2.26. The summed E-state index contributed by atoms with van der Waals surface area (Å²) in [4.78, 5) is 15.9. The van der Waals surface area contributed by atoms with E-state index < -0.39 is 12.3 Å². The molecular formula is C17H17NO5. The van der Waals surface area contributed by atoms with Gasteiger partial charge in [-0.05, 0) is 23.8 Å². The third-order valence-corrected chi connectivity index (χ3v) is 2.85. The molecule has 1 unspecified atom stereocenters. The van der Waals surface area contributed by atoms with Crippen LogP contribution in [0.25, 0.3) is 6.08 Å². The van der Waals surface area contributed by atoms with Crippen LogP contribution in [0.1, 0.15) is 15.9 Å². The van der Waals surface area contributed by atoms with Gasteiger partial charge in [0.1, 0.15) is 17.9 Å². The van der Waals surface area contributed by atoms with E-state index in [-0.39, 0.29) is 17.9 Å². The molecular weight excluding hydrogens is 298 g/mol. The Balaban J connectivity index is 1.76. The Labute approximate surface area is 133 Å². The highest BCUT2D eigenvalue weighted by atomic mass is 16.7. The van der Waals surface area contributed by atoms with Gasteiger partial charge < -0.3 is 14.9 Å². The van der Waals surface area contributed by atoms with Gasteiger partial charge in [-0.2, -0.15) is 0 Å². The first kappa shape index (κ1) is 16.5. The van der Waals surface area contributed by atoms with Gasteiger partial charge in [-0.15, -0.1) is 0 Å². The second-order valence-corrected chi connectivity index (χ2v) is 4.55. The normalized spacial score (nSPS) is 12.0. The molecule has 23 heavy (non-hydrogen) atoms. The molecule has 0 spiro atoms. The number of benzene rings is 2. The summed E-state index contributed by atoms with van der Waals surface area (Å²) in [5.41, 5.74) is 3.48. The summed E-state index contributed by atoms with van der Waals surface area (Å²) in [5.74, 6) is -0.928. The quantitative estimate of drug-likeness (QED) is 0.511. The number of aliphatic hydroxyl groups excluding tert-OH is 1. The zero-order valence-corrected chi connectivity index (χ0v) is 12.3. The van der Waals surface area contributed by atoms with Gasteiger partial charge in [-0.1, -0.05) is 42.5 Å². The molecule has 6 heteroatoms. The van der Waals surface area contributed by atoms with Crippen molar-refractivity contribution in [3.63, 3.8) is 0 Å². The minimum absolute atomic E-state index is 0.0247. The number of ether oxygens (including phenoxy) is 1. The van der Waals surface area contributed by atoms with Crippen molar-refractivity contribution in [1.29, 1.82) is 0 Å². The van der Waals surface area contributed by atoms with Crippen LogP contribution in [0.2, 0.25) is 0 Å². The van der Waals surface area contributed by atoms with Crippen LogP contribution < -0.4 is 10.2 Å². The first-order valence-electron chi connectivity index (χ1n) is 6.93. The molecule has 0 aliphatic rings. The van der Waals surface area contributed by atoms with E-state index in [0.717, 1.165) is 5.56 Å². The van der Waals surface area contributed by atoms with E-state index in [4.69, 9.17) is 14.7 Å². The average Bonchev–Trinajstić information content (AvgIpc) is 2.58. The van der Waals surface area contributed by atoms with Gasteiger partial charge in [-0.3, -0.25) is 5.48 Å². The summed E-state index contributed by atoms with van der Waals surface area (Å²) < 4.78 is 5.26. The Morgan fingerprint density at radius 1 is 1.13 bits per heavy atom. The van der Waals surface area contributed by atoms with Crippen molar-refractivity contribution in [1.82, 2.24) is 5.48 Å². The number of aliphatic hydroxyl groups is 1. The van der Waals surface area contributed by atoms with Gasteiger partial charge in [0, 0.05) is 6.20 Å². The van der Waals surface area contributed by atoms with Gasteiger partial charge in [0.05, 0.1) is 0 Å². The summed E-state index contributed by atoms with van der Waals surface area (Å²) in [6.45, 7) is -0.212. The van der Waals surface area contributed by atoms with E-state index in [1.807, 2.05) is 30.3 Å². The number of carboxylic acids is 1. The standard InChI is InChI=1S/C17H17NO5/c19-16(23-18-11-10-13-6-2-1-3-7-13)12-22-15-9-5-4-8-14(15)17(20)21/h1-11,16,18-19H,12H2,(H,20,21). The molecule has 0 heterocycles. The number of para-hydroxylation sites is 1. The van der Waals surface area contributed by atoms with E-state index >= 15 is 0 Å². The van der Waals surface area contributed by atoms with Crippen LogP contribution in [0.3, 0.4) is 0 Å². The monoisotopic (exact) mass is 315 g/mol. The predicted octanol–water partition coefficient (Wildman–Crippen LogP) is 2.27. The SMILES string of the molecule is O=C(O)c1ccccc1OCC(O)ONC=Cc1ccccc1. The second-order valence-electron chi connectivity index (χ2n) is 4.55. The Bertz CT molecular complexity index is 657. The molecule has 2 aromatic carbocycles. The van der Waals surface area contributed by atoms with Gasteiger partial charge in [0.25, 0.3) is 0 Å². The Hall–Kier alpha value is -2.83. The van der Waals surface area contributed by atoms with Crippen molar-refractivity contribution in [3.8, 4) is 5.75 Å². The molecule has 0 fully saturated rings. The van der Waals surface area contributed by atoms with Crippen molar-refractivity contribution in [2.75, 3.05) is 6.61 Å². The number of carboxylic acid groups (broad SMARTS) is 1. The number of carbonyl (C=O) groups is 1. The Morgan fingerprint density at radius 3 is 2.57 bits per heavy atom. The molecule has 120 valence electrons. The van der Waals surface area contributed by atoms with Crippen molar-refractivity contribution >= 4 is 12.0 Å². The predicted molar refractivity (Wildman–Crippen MR) is 84.6 cm³/mol. The van der Waals surface area contributed by atoms with Crippen molar-refractivity contribution in [2.24, 2.45) is 0 Å². The fourth-order valence-electron chi connectivity index (χ4n) is 1.78. The maximum absolute atomic E-state index is 11.0. The highest BCUT2D eigenvalue weighted by Gasteiger charge is 2.12. The molecule has 0 aromatic heterocycles. The first-order chi connectivity index (χ1) is 11.2. The number of aromatic carboxylic acids is 1. The number of hydroxylamine groups is 1. The van der Waals surface area contributed by atoms with E-state index in [1.165, 1.54) is 18.3 Å². The van der Waals surface area contributed by atoms with Crippen LogP contribution >= 0.6 is 0 Å². The van der Waals surface area contributed by atoms with E-state index in [2.05, 4.69) is 5.48 Å². The number of hydrogen-bond donors (Lipinski definition) is 3. The molecule has 2 aromatic rings. The number of rotatable bonds is 8. The van der Waals surface area contributed by atoms with Crippen molar-refractivity contribution in [3.05, 3.63) is 71.9 Å². The molecule has 0 radical (unpaired) electrons. The minimum Gasteiger partial charge on any atom is -0.487 e. The fourth-order valence-corrected chi connectivity index (χ4v) is 1.78. The molecule has 2 rings (SSSR count). The average molecular weight is 315 g/mol. The zero-order valence-electron chi connectivity index (χ0n) is 12.3. The largest absolute Gasteiger partial charge is 0.487 e. The molecule has 3 N–H and O–H groups in total. The minimum atomic E-state index is -1.25. The Kier molecular flexibility index (Phi) is 6.17. The summed E-state index contributed by atoms with van der Waals surface area (Å²) in [7, 11) is 0. The fraction of sp³-hybridized carbons (Fsp3) is 0.118. The van der Waals surface area contributed by atoms with Crippen LogP contribution in [0.5, 0.6) is 5.75 Å². The van der Waals surface area contributed by atoms with E-state index in [9.17, 15) is 9.90 Å². The van der Waals surface area contributed by atoms with Crippen LogP contribution in [0.15, 0.2) is 60.8 Å².